The maximum Gasteiger partial charge on any atom is 0.122 e. The Balaban J connectivity index is 1.78. The third kappa shape index (κ3) is 4.78. The van der Waals surface area contributed by atoms with Crippen molar-refractivity contribution in [3.05, 3.63) is 59.7 Å². The summed E-state index contributed by atoms with van der Waals surface area (Å²) in [7, 11) is 3.41. The molecule has 0 bridgehead atoms. The Morgan fingerprint density at radius 3 is 2.36 bits per heavy atom. The van der Waals surface area contributed by atoms with Crippen molar-refractivity contribution in [3.63, 3.8) is 0 Å². The Morgan fingerprint density at radius 1 is 0.955 bits per heavy atom. The van der Waals surface area contributed by atoms with Crippen LogP contribution in [0.25, 0.3) is 0 Å². The summed E-state index contributed by atoms with van der Waals surface area (Å²) in [4.78, 5) is 0. The molecule has 0 fully saturated rings. The van der Waals surface area contributed by atoms with E-state index in [-0.39, 0.29) is 0 Å². The maximum atomic E-state index is 5.40. The summed E-state index contributed by atoms with van der Waals surface area (Å²) in [6.45, 7) is 3.17. The predicted molar refractivity (Wildman–Crippen MR) is 90.9 cm³/mol. The normalized spacial score (nSPS) is 12.0. The first kappa shape index (κ1) is 16.4. The Morgan fingerprint density at radius 2 is 1.68 bits per heavy atom. The monoisotopic (exact) mass is 299 g/mol. The number of benzene rings is 2. The highest BCUT2D eigenvalue weighted by molar-refractivity contribution is 5.33. The minimum absolute atomic E-state index is 0.412. The van der Waals surface area contributed by atoms with Gasteiger partial charge in [0.05, 0.1) is 14.2 Å². The quantitative estimate of drug-likeness (QED) is 0.809. The highest BCUT2D eigenvalue weighted by Gasteiger charge is 2.07. The lowest BCUT2D eigenvalue weighted by molar-refractivity contribution is 0.406. The lowest BCUT2D eigenvalue weighted by atomic mass is 10.1. The first-order valence-corrected chi connectivity index (χ1v) is 7.71. The minimum Gasteiger partial charge on any atom is -0.497 e. The van der Waals surface area contributed by atoms with Crippen LogP contribution < -0.4 is 14.8 Å². The van der Waals surface area contributed by atoms with Crippen molar-refractivity contribution in [2.75, 3.05) is 20.8 Å². The Bertz CT molecular complexity index is 566. The third-order valence-corrected chi connectivity index (χ3v) is 3.78. The molecular formula is C19H25NO2. The van der Waals surface area contributed by atoms with Gasteiger partial charge in [-0.05, 0) is 55.6 Å². The zero-order valence-corrected chi connectivity index (χ0v) is 13.6. The number of hydrogen-bond donors (Lipinski definition) is 1. The molecule has 0 aliphatic rings. The summed E-state index contributed by atoms with van der Waals surface area (Å²) in [5, 5.41) is 3.57. The van der Waals surface area contributed by atoms with Gasteiger partial charge < -0.3 is 14.8 Å². The molecule has 0 saturated heterocycles. The Labute approximate surface area is 133 Å². The van der Waals surface area contributed by atoms with E-state index in [9.17, 15) is 0 Å². The van der Waals surface area contributed by atoms with E-state index in [1.54, 1.807) is 14.2 Å². The summed E-state index contributed by atoms with van der Waals surface area (Å²) in [5.74, 6) is 1.87. The molecule has 22 heavy (non-hydrogen) atoms. The topological polar surface area (TPSA) is 30.5 Å². The van der Waals surface area contributed by atoms with Crippen LogP contribution in [0.4, 0.5) is 0 Å². The van der Waals surface area contributed by atoms with Crippen LogP contribution in [0.15, 0.2) is 48.5 Å². The van der Waals surface area contributed by atoms with E-state index in [0.717, 1.165) is 30.9 Å². The van der Waals surface area contributed by atoms with Crippen LogP contribution in [0.5, 0.6) is 11.5 Å². The lowest BCUT2D eigenvalue weighted by Gasteiger charge is -2.16. The minimum atomic E-state index is 0.412. The zero-order chi connectivity index (χ0) is 15.8. The fourth-order valence-electron chi connectivity index (χ4n) is 2.53. The molecule has 3 heteroatoms. The van der Waals surface area contributed by atoms with Crippen molar-refractivity contribution in [1.82, 2.24) is 5.32 Å². The number of nitrogens with one attached hydrogen (secondary N) is 1. The van der Waals surface area contributed by atoms with Gasteiger partial charge in [-0.15, -0.1) is 0 Å². The van der Waals surface area contributed by atoms with E-state index in [1.807, 2.05) is 24.3 Å². The van der Waals surface area contributed by atoms with Gasteiger partial charge in [-0.3, -0.25) is 0 Å². The fraction of sp³-hybridized carbons (Fsp3) is 0.368. The van der Waals surface area contributed by atoms with Crippen LogP contribution in [0.2, 0.25) is 0 Å². The summed E-state index contributed by atoms with van der Waals surface area (Å²) < 4.78 is 10.6. The number of ether oxygens (including phenoxy) is 2. The van der Waals surface area contributed by atoms with Gasteiger partial charge in [-0.2, -0.15) is 0 Å². The van der Waals surface area contributed by atoms with Crippen molar-refractivity contribution in [3.8, 4) is 11.5 Å². The van der Waals surface area contributed by atoms with Gasteiger partial charge in [0.25, 0.3) is 0 Å². The van der Waals surface area contributed by atoms with Crippen LogP contribution in [0.1, 0.15) is 18.1 Å². The molecule has 0 amide bonds. The predicted octanol–water partition coefficient (Wildman–Crippen LogP) is 3.47. The van der Waals surface area contributed by atoms with Crippen LogP contribution in [0.3, 0.4) is 0 Å². The Kier molecular flexibility index (Phi) is 6.28. The van der Waals surface area contributed by atoms with Gasteiger partial charge >= 0.3 is 0 Å². The first-order chi connectivity index (χ1) is 10.7. The van der Waals surface area contributed by atoms with E-state index in [2.05, 4.69) is 36.5 Å². The molecule has 0 radical (unpaired) electrons. The second-order valence-electron chi connectivity index (χ2n) is 5.47. The van der Waals surface area contributed by atoms with Gasteiger partial charge in [-0.1, -0.05) is 30.3 Å². The van der Waals surface area contributed by atoms with Crippen molar-refractivity contribution in [2.45, 2.75) is 25.8 Å². The molecule has 2 aromatic rings. The van der Waals surface area contributed by atoms with E-state index in [0.29, 0.717) is 6.04 Å². The largest absolute Gasteiger partial charge is 0.497 e. The molecule has 0 spiro atoms. The number of methoxy groups -OCH3 is 2. The highest BCUT2D eigenvalue weighted by atomic mass is 16.5. The molecule has 1 atom stereocenters. The standard InChI is InChI=1S/C19H25NO2/c1-15(14-17-6-4-5-7-19(17)22-3)20-13-12-16-8-10-18(21-2)11-9-16/h4-11,15,20H,12-14H2,1-3H3. The summed E-state index contributed by atoms with van der Waals surface area (Å²) in [6.07, 6.45) is 1.98. The van der Waals surface area contributed by atoms with E-state index >= 15 is 0 Å². The van der Waals surface area contributed by atoms with E-state index in [1.165, 1.54) is 11.1 Å². The van der Waals surface area contributed by atoms with Crippen molar-refractivity contribution < 1.29 is 9.47 Å². The SMILES string of the molecule is COc1ccc(CCNC(C)Cc2ccccc2OC)cc1. The van der Waals surface area contributed by atoms with Crippen LogP contribution >= 0.6 is 0 Å². The zero-order valence-electron chi connectivity index (χ0n) is 13.6. The second kappa shape index (κ2) is 8.44. The number of hydrogen-bond acceptors (Lipinski definition) is 3. The number of para-hydroxylation sites is 1. The molecular weight excluding hydrogens is 274 g/mol. The molecule has 2 rings (SSSR count). The summed E-state index contributed by atoms with van der Waals surface area (Å²) >= 11 is 0. The van der Waals surface area contributed by atoms with Gasteiger partial charge in [0.15, 0.2) is 0 Å². The third-order valence-electron chi connectivity index (χ3n) is 3.78. The fourth-order valence-corrected chi connectivity index (χ4v) is 2.53. The molecule has 3 nitrogen and oxygen atoms in total. The summed E-state index contributed by atoms with van der Waals surface area (Å²) in [5.41, 5.74) is 2.56. The molecule has 118 valence electrons. The van der Waals surface area contributed by atoms with E-state index < -0.39 is 0 Å². The maximum absolute atomic E-state index is 5.40. The van der Waals surface area contributed by atoms with E-state index in [4.69, 9.17) is 9.47 Å². The van der Waals surface area contributed by atoms with Gasteiger partial charge in [0.1, 0.15) is 11.5 Å². The molecule has 0 heterocycles. The van der Waals surface area contributed by atoms with Crippen molar-refractivity contribution in [2.24, 2.45) is 0 Å². The molecule has 0 aliphatic heterocycles. The highest BCUT2D eigenvalue weighted by Crippen LogP contribution is 2.18. The van der Waals surface area contributed by atoms with Crippen LogP contribution in [-0.2, 0) is 12.8 Å². The van der Waals surface area contributed by atoms with Gasteiger partial charge in [0, 0.05) is 6.04 Å². The average Bonchev–Trinajstić information content (AvgIpc) is 2.56. The summed E-state index contributed by atoms with van der Waals surface area (Å²) in [6, 6.07) is 16.9. The van der Waals surface area contributed by atoms with Crippen molar-refractivity contribution in [1.29, 1.82) is 0 Å². The smallest absolute Gasteiger partial charge is 0.122 e. The molecule has 0 aromatic heterocycles. The van der Waals surface area contributed by atoms with Crippen LogP contribution in [-0.4, -0.2) is 26.8 Å². The Hall–Kier alpha value is -2.00. The molecule has 2 aromatic carbocycles. The average molecular weight is 299 g/mol. The van der Waals surface area contributed by atoms with Gasteiger partial charge in [-0.25, -0.2) is 0 Å². The second-order valence-corrected chi connectivity index (χ2v) is 5.47. The van der Waals surface area contributed by atoms with Gasteiger partial charge in [0.2, 0.25) is 0 Å². The first-order valence-electron chi connectivity index (χ1n) is 7.71. The number of rotatable bonds is 8. The van der Waals surface area contributed by atoms with Crippen molar-refractivity contribution >= 4 is 0 Å². The molecule has 0 saturated carbocycles. The molecule has 1 unspecified atom stereocenters. The molecule has 0 aliphatic carbocycles. The lowest BCUT2D eigenvalue weighted by Crippen LogP contribution is -2.30. The van der Waals surface area contributed by atoms with Crippen LogP contribution in [0, 0.1) is 0 Å². The molecule has 1 N–H and O–H groups in total.